The van der Waals surface area contributed by atoms with Crippen molar-refractivity contribution in [3.05, 3.63) is 34.9 Å². The summed E-state index contributed by atoms with van der Waals surface area (Å²) in [7, 11) is 0. The van der Waals surface area contributed by atoms with Crippen molar-refractivity contribution in [3.8, 4) is 0 Å². The lowest BCUT2D eigenvalue weighted by molar-refractivity contribution is -0.0997. The van der Waals surface area contributed by atoms with Crippen LogP contribution in [0.2, 0.25) is 5.02 Å². The molecule has 0 bridgehead atoms. The molecule has 1 aliphatic rings. The van der Waals surface area contributed by atoms with Gasteiger partial charge in [0.25, 0.3) is 0 Å². The first-order valence-electron chi connectivity index (χ1n) is 5.71. The van der Waals surface area contributed by atoms with Gasteiger partial charge in [-0.3, -0.25) is 5.32 Å². The molecule has 0 amide bonds. The van der Waals surface area contributed by atoms with Crippen molar-refractivity contribution >= 4 is 11.6 Å². The number of ether oxygens (including phenoxy) is 1. The number of rotatable bonds is 2. The van der Waals surface area contributed by atoms with Crippen LogP contribution in [0.3, 0.4) is 0 Å². The summed E-state index contributed by atoms with van der Waals surface area (Å²) in [6, 6.07) is 7.95. The Balaban J connectivity index is 2.00. The van der Waals surface area contributed by atoms with Crippen LogP contribution in [-0.4, -0.2) is 18.9 Å². The number of benzene rings is 1. The fourth-order valence-corrected chi connectivity index (χ4v) is 2.06. The van der Waals surface area contributed by atoms with E-state index in [1.165, 1.54) is 5.56 Å². The normalized spacial score (nSPS) is 30.3. The summed E-state index contributed by atoms with van der Waals surface area (Å²) in [6.45, 7) is 6.14. The van der Waals surface area contributed by atoms with Crippen LogP contribution in [0.25, 0.3) is 0 Å². The molecule has 1 aromatic rings. The molecule has 0 aromatic heterocycles. The van der Waals surface area contributed by atoms with E-state index in [2.05, 4.69) is 31.3 Å². The molecule has 2 rings (SSSR count). The van der Waals surface area contributed by atoms with Crippen molar-refractivity contribution in [1.82, 2.24) is 5.32 Å². The van der Waals surface area contributed by atoms with Gasteiger partial charge in [-0.15, -0.1) is 0 Å². The Hall–Kier alpha value is -0.570. The molecular weight excluding hydrogens is 222 g/mol. The third-order valence-electron chi connectivity index (χ3n) is 2.97. The second-order valence-electron chi connectivity index (χ2n) is 4.83. The van der Waals surface area contributed by atoms with Crippen LogP contribution >= 0.6 is 11.6 Å². The van der Waals surface area contributed by atoms with E-state index in [9.17, 15) is 0 Å². The standard InChI is InChI=1S/C13H18ClNO/c1-10-8-15-13(2,16-9-10)7-11-3-5-12(14)6-4-11/h3-6,10,15H,7-9H2,1-2H3. The minimum atomic E-state index is -0.236. The van der Waals surface area contributed by atoms with Crippen LogP contribution in [0.15, 0.2) is 24.3 Å². The third kappa shape index (κ3) is 2.97. The highest BCUT2D eigenvalue weighted by Crippen LogP contribution is 2.21. The van der Waals surface area contributed by atoms with E-state index in [1.807, 2.05) is 12.1 Å². The Labute approximate surface area is 102 Å². The van der Waals surface area contributed by atoms with Crippen LogP contribution in [0.4, 0.5) is 0 Å². The molecule has 0 saturated carbocycles. The first-order valence-corrected chi connectivity index (χ1v) is 6.09. The average molecular weight is 240 g/mol. The number of halogens is 1. The van der Waals surface area contributed by atoms with Gasteiger partial charge in [0.1, 0.15) is 5.72 Å². The van der Waals surface area contributed by atoms with E-state index in [4.69, 9.17) is 16.3 Å². The van der Waals surface area contributed by atoms with Gasteiger partial charge < -0.3 is 4.74 Å². The molecule has 0 spiro atoms. The topological polar surface area (TPSA) is 21.3 Å². The maximum Gasteiger partial charge on any atom is 0.120 e. The summed E-state index contributed by atoms with van der Waals surface area (Å²) in [5.74, 6) is 0.596. The molecular formula is C13H18ClNO. The smallest absolute Gasteiger partial charge is 0.120 e. The van der Waals surface area contributed by atoms with Gasteiger partial charge in [-0.1, -0.05) is 30.7 Å². The molecule has 1 N–H and O–H groups in total. The van der Waals surface area contributed by atoms with Crippen LogP contribution in [0.1, 0.15) is 19.4 Å². The predicted octanol–water partition coefficient (Wildman–Crippen LogP) is 2.85. The molecule has 1 aromatic carbocycles. The van der Waals surface area contributed by atoms with Gasteiger partial charge in [0.05, 0.1) is 6.61 Å². The van der Waals surface area contributed by atoms with E-state index in [0.29, 0.717) is 5.92 Å². The molecule has 1 saturated heterocycles. The summed E-state index contributed by atoms with van der Waals surface area (Å²) < 4.78 is 5.87. The minimum absolute atomic E-state index is 0.236. The van der Waals surface area contributed by atoms with E-state index in [1.54, 1.807) is 0 Å². The SMILES string of the molecule is CC1CNC(C)(Cc2ccc(Cl)cc2)OC1. The Morgan fingerprint density at radius 3 is 2.69 bits per heavy atom. The zero-order chi connectivity index (χ0) is 11.6. The van der Waals surface area contributed by atoms with Gasteiger partial charge in [-0.25, -0.2) is 0 Å². The summed E-state index contributed by atoms with van der Waals surface area (Å²) in [6.07, 6.45) is 0.872. The van der Waals surface area contributed by atoms with Gasteiger partial charge in [0.2, 0.25) is 0 Å². The monoisotopic (exact) mass is 239 g/mol. The molecule has 3 heteroatoms. The molecule has 0 radical (unpaired) electrons. The average Bonchev–Trinajstić information content (AvgIpc) is 2.27. The zero-order valence-electron chi connectivity index (χ0n) is 9.79. The van der Waals surface area contributed by atoms with E-state index in [0.717, 1.165) is 24.6 Å². The number of hydrogen-bond donors (Lipinski definition) is 1. The Kier molecular flexibility index (Phi) is 3.53. The van der Waals surface area contributed by atoms with Crippen molar-refractivity contribution in [1.29, 1.82) is 0 Å². The Morgan fingerprint density at radius 1 is 1.44 bits per heavy atom. The van der Waals surface area contributed by atoms with Gasteiger partial charge in [0, 0.05) is 18.0 Å². The maximum absolute atomic E-state index is 5.87. The lowest BCUT2D eigenvalue weighted by Crippen LogP contribution is -2.53. The molecule has 0 aliphatic carbocycles. The van der Waals surface area contributed by atoms with Crippen LogP contribution in [0.5, 0.6) is 0 Å². The van der Waals surface area contributed by atoms with Crippen molar-refractivity contribution in [3.63, 3.8) is 0 Å². The lowest BCUT2D eigenvalue weighted by Gasteiger charge is -2.38. The minimum Gasteiger partial charge on any atom is -0.360 e. The first-order chi connectivity index (χ1) is 7.57. The fourth-order valence-electron chi connectivity index (χ4n) is 1.93. The van der Waals surface area contributed by atoms with Gasteiger partial charge in [-0.2, -0.15) is 0 Å². The molecule has 16 heavy (non-hydrogen) atoms. The fraction of sp³-hybridized carbons (Fsp3) is 0.538. The zero-order valence-corrected chi connectivity index (χ0v) is 10.6. The third-order valence-corrected chi connectivity index (χ3v) is 3.22. The van der Waals surface area contributed by atoms with Crippen molar-refractivity contribution < 1.29 is 4.74 Å². The molecule has 88 valence electrons. The summed E-state index contributed by atoms with van der Waals surface area (Å²) in [4.78, 5) is 0. The highest BCUT2D eigenvalue weighted by Gasteiger charge is 2.29. The van der Waals surface area contributed by atoms with E-state index < -0.39 is 0 Å². The predicted molar refractivity (Wildman–Crippen MR) is 66.7 cm³/mol. The molecule has 1 fully saturated rings. The van der Waals surface area contributed by atoms with Gasteiger partial charge in [0.15, 0.2) is 0 Å². The van der Waals surface area contributed by atoms with Crippen molar-refractivity contribution in [2.24, 2.45) is 5.92 Å². The maximum atomic E-state index is 5.87. The van der Waals surface area contributed by atoms with Gasteiger partial charge >= 0.3 is 0 Å². The second kappa shape index (κ2) is 4.74. The first kappa shape index (κ1) is 11.9. The van der Waals surface area contributed by atoms with Crippen molar-refractivity contribution in [2.75, 3.05) is 13.2 Å². The highest BCUT2D eigenvalue weighted by molar-refractivity contribution is 6.30. The highest BCUT2D eigenvalue weighted by atomic mass is 35.5. The molecule has 1 heterocycles. The number of nitrogens with one attached hydrogen (secondary N) is 1. The quantitative estimate of drug-likeness (QED) is 0.857. The van der Waals surface area contributed by atoms with E-state index in [-0.39, 0.29) is 5.72 Å². The van der Waals surface area contributed by atoms with Crippen LogP contribution in [0, 0.1) is 5.92 Å². The summed E-state index contributed by atoms with van der Waals surface area (Å²) >= 11 is 5.86. The molecule has 2 atom stereocenters. The van der Waals surface area contributed by atoms with Gasteiger partial charge in [-0.05, 0) is 30.5 Å². The Morgan fingerprint density at radius 2 is 2.12 bits per heavy atom. The summed E-state index contributed by atoms with van der Waals surface area (Å²) in [5.41, 5.74) is 1.01. The largest absolute Gasteiger partial charge is 0.360 e. The summed E-state index contributed by atoms with van der Waals surface area (Å²) in [5, 5.41) is 4.23. The molecule has 2 nitrogen and oxygen atoms in total. The molecule has 1 aliphatic heterocycles. The van der Waals surface area contributed by atoms with Crippen molar-refractivity contribution in [2.45, 2.75) is 26.0 Å². The van der Waals surface area contributed by atoms with E-state index >= 15 is 0 Å². The second-order valence-corrected chi connectivity index (χ2v) is 5.27. The lowest BCUT2D eigenvalue weighted by atomic mass is 10.0. The van der Waals surface area contributed by atoms with Crippen LogP contribution < -0.4 is 5.32 Å². The Bertz CT molecular complexity index is 341. The number of hydrogen-bond acceptors (Lipinski definition) is 2. The molecule has 2 unspecified atom stereocenters. The van der Waals surface area contributed by atoms with Crippen LogP contribution in [-0.2, 0) is 11.2 Å².